The summed E-state index contributed by atoms with van der Waals surface area (Å²) in [5.41, 5.74) is 0. The largest absolute Gasteiger partial charge is 0.463 e. The van der Waals surface area contributed by atoms with Crippen molar-refractivity contribution in [3.8, 4) is 0 Å². The van der Waals surface area contributed by atoms with Crippen LogP contribution in [0.1, 0.15) is 124 Å². The number of esters is 2. The average Bonchev–Trinajstić information content (AvgIpc) is 2.97. The third-order valence-corrected chi connectivity index (χ3v) is 6.60. The highest BCUT2D eigenvalue weighted by atomic mass is 16.6. The van der Waals surface area contributed by atoms with Crippen LogP contribution in [-0.2, 0) is 19.1 Å². The number of allylic oxidation sites excluding steroid dienone is 9. The zero-order valence-electron chi connectivity index (χ0n) is 26.8. The summed E-state index contributed by atoms with van der Waals surface area (Å²) in [6.07, 6.45) is 33.8. The molecule has 6 heteroatoms. The van der Waals surface area contributed by atoms with Crippen LogP contribution < -0.4 is 0 Å². The second-order valence-electron chi connectivity index (χ2n) is 11.2. The smallest absolute Gasteiger partial charge is 0.305 e. The van der Waals surface area contributed by atoms with Crippen molar-refractivity contribution in [3.05, 3.63) is 60.8 Å². The lowest BCUT2D eigenvalue weighted by atomic mass is 10.0. The molecule has 0 aliphatic rings. The molecule has 0 heterocycles. The molecule has 0 aromatic heterocycles. The minimum atomic E-state index is -0.996. The second-order valence-corrected chi connectivity index (χ2v) is 11.2. The van der Waals surface area contributed by atoms with Crippen molar-refractivity contribution in [2.45, 2.75) is 136 Å². The molecule has 0 amide bonds. The first-order valence-corrected chi connectivity index (χ1v) is 16.3. The van der Waals surface area contributed by atoms with E-state index in [4.69, 9.17) is 9.47 Å². The summed E-state index contributed by atoms with van der Waals surface area (Å²) in [6, 6.07) is 0. The fourth-order valence-corrected chi connectivity index (χ4v) is 3.96. The average molecular weight is 589 g/mol. The zero-order chi connectivity index (χ0) is 31.1. The molecule has 0 saturated heterocycles. The first-order chi connectivity index (χ1) is 20.3. The van der Waals surface area contributed by atoms with Crippen LogP contribution in [0.2, 0.25) is 0 Å². The molecule has 0 radical (unpaired) electrons. The van der Waals surface area contributed by atoms with Crippen molar-refractivity contribution >= 4 is 11.9 Å². The molecule has 0 aliphatic heterocycles. The second kappa shape index (κ2) is 30.0. The molecule has 0 unspecified atom stereocenters. The van der Waals surface area contributed by atoms with E-state index >= 15 is 0 Å². The molecule has 0 bridgehead atoms. The van der Waals surface area contributed by atoms with Crippen molar-refractivity contribution in [1.29, 1.82) is 0 Å². The topological polar surface area (TPSA) is 93.1 Å². The van der Waals surface area contributed by atoms with E-state index in [1.807, 2.05) is 19.1 Å². The van der Waals surface area contributed by atoms with Gasteiger partial charge in [-0.25, -0.2) is 0 Å². The summed E-state index contributed by atoms with van der Waals surface area (Å²) in [5.74, 6) is 0.124. The molecule has 2 atom stereocenters. The molecule has 0 aliphatic carbocycles. The molecular formula is C36H60O6. The van der Waals surface area contributed by atoms with Crippen LogP contribution in [-0.4, -0.2) is 47.6 Å². The summed E-state index contributed by atoms with van der Waals surface area (Å²) in [5, 5.41) is 19.3. The van der Waals surface area contributed by atoms with Gasteiger partial charge in [-0.05, 0) is 50.9 Å². The SMILES string of the molecule is CC[C@H](O)/C=C/C=C\C/C=C\C/C=C\C/C=C\CCCC(=O)OC[C@H](O)COC(=O)CCCCCCCCCC(C)C. The lowest BCUT2D eigenvalue weighted by Crippen LogP contribution is -2.25. The van der Waals surface area contributed by atoms with Gasteiger partial charge in [0.2, 0.25) is 0 Å². The first kappa shape index (κ1) is 39.6. The zero-order valence-corrected chi connectivity index (χ0v) is 26.8. The highest BCUT2D eigenvalue weighted by Gasteiger charge is 2.11. The van der Waals surface area contributed by atoms with Gasteiger partial charge in [0.05, 0.1) is 6.10 Å². The normalized spacial score (nSPS) is 13.9. The molecule has 6 nitrogen and oxygen atoms in total. The number of unbranched alkanes of at least 4 members (excludes halogenated alkanes) is 7. The molecule has 0 saturated carbocycles. The Kier molecular flexibility index (Phi) is 28.3. The molecular weight excluding hydrogens is 528 g/mol. The van der Waals surface area contributed by atoms with Gasteiger partial charge in [-0.2, -0.15) is 0 Å². The third kappa shape index (κ3) is 30.5. The van der Waals surface area contributed by atoms with Gasteiger partial charge in [0.1, 0.15) is 19.3 Å². The van der Waals surface area contributed by atoms with Crippen LogP contribution in [0.15, 0.2) is 60.8 Å². The van der Waals surface area contributed by atoms with Gasteiger partial charge in [0, 0.05) is 12.8 Å². The van der Waals surface area contributed by atoms with Gasteiger partial charge in [0.15, 0.2) is 0 Å². The summed E-state index contributed by atoms with van der Waals surface area (Å²) < 4.78 is 10.2. The quantitative estimate of drug-likeness (QED) is 0.0433. The lowest BCUT2D eigenvalue weighted by molar-refractivity contribution is -0.152. The number of hydrogen-bond donors (Lipinski definition) is 2. The number of carbonyl (C=O) groups excluding carboxylic acids is 2. The maximum absolute atomic E-state index is 11.9. The monoisotopic (exact) mass is 588 g/mol. The Morgan fingerprint density at radius 1 is 0.643 bits per heavy atom. The van der Waals surface area contributed by atoms with Crippen LogP contribution in [0, 0.1) is 5.92 Å². The maximum atomic E-state index is 11.9. The molecule has 240 valence electrons. The minimum absolute atomic E-state index is 0.145. The van der Waals surface area contributed by atoms with E-state index in [2.05, 4.69) is 56.4 Å². The van der Waals surface area contributed by atoms with Gasteiger partial charge >= 0.3 is 11.9 Å². The van der Waals surface area contributed by atoms with E-state index in [1.54, 1.807) is 6.08 Å². The summed E-state index contributed by atoms with van der Waals surface area (Å²) in [4.78, 5) is 23.7. The molecule has 0 fully saturated rings. The van der Waals surface area contributed by atoms with Crippen LogP contribution in [0.5, 0.6) is 0 Å². The Morgan fingerprint density at radius 3 is 1.71 bits per heavy atom. The van der Waals surface area contributed by atoms with Gasteiger partial charge in [-0.3, -0.25) is 9.59 Å². The van der Waals surface area contributed by atoms with Crippen LogP contribution in [0.3, 0.4) is 0 Å². The predicted molar refractivity (Wildman–Crippen MR) is 174 cm³/mol. The fourth-order valence-electron chi connectivity index (χ4n) is 3.96. The van der Waals surface area contributed by atoms with Crippen molar-refractivity contribution in [2.75, 3.05) is 13.2 Å². The van der Waals surface area contributed by atoms with E-state index in [9.17, 15) is 19.8 Å². The Bertz CT molecular complexity index is 793. The summed E-state index contributed by atoms with van der Waals surface area (Å²) in [6.45, 7) is 6.17. The summed E-state index contributed by atoms with van der Waals surface area (Å²) in [7, 11) is 0. The lowest BCUT2D eigenvalue weighted by Gasteiger charge is -2.12. The van der Waals surface area contributed by atoms with Gasteiger partial charge in [-0.15, -0.1) is 0 Å². The van der Waals surface area contributed by atoms with Gasteiger partial charge in [0.25, 0.3) is 0 Å². The van der Waals surface area contributed by atoms with Crippen LogP contribution in [0.25, 0.3) is 0 Å². The van der Waals surface area contributed by atoms with E-state index in [-0.39, 0.29) is 31.3 Å². The number of rotatable bonds is 27. The van der Waals surface area contributed by atoms with Crippen molar-refractivity contribution in [3.63, 3.8) is 0 Å². The Balaban J connectivity index is 3.64. The Labute approximate surface area is 256 Å². The van der Waals surface area contributed by atoms with E-state index in [1.165, 1.54) is 32.1 Å². The number of aliphatic hydroxyl groups is 2. The van der Waals surface area contributed by atoms with Crippen molar-refractivity contribution in [1.82, 2.24) is 0 Å². The van der Waals surface area contributed by atoms with Crippen molar-refractivity contribution in [2.24, 2.45) is 5.92 Å². The standard InChI is InChI=1S/C36H60O6/c1-4-33(37)27-23-19-15-11-9-7-5-6-8-10-12-16-20-24-28-35(39)41-30-34(38)31-42-36(40)29-25-21-17-13-14-18-22-26-32(2)3/h6-9,12,15-16,19,23,27,32-34,37-38H,4-5,10-11,13-14,17-18,20-22,24-26,28-31H2,1-3H3/b8-6-,9-7-,16-12-,19-15-,27-23+/t33-,34-/m0/s1. The maximum Gasteiger partial charge on any atom is 0.305 e. The number of ether oxygens (including phenoxy) is 2. The highest BCUT2D eigenvalue weighted by Crippen LogP contribution is 2.13. The predicted octanol–water partition coefficient (Wildman–Crippen LogP) is 8.49. The number of carbonyl (C=O) groups is 2. The highest BCUT2D eigenvalue weighted by molar-refractivity contribution is 5.69. The molecule has 0 aromatic rings. The van der Waals surface area contributed by atoms with E-state index < -0.39 is 6.10 Å². The third-order valence-electron chi connectivity index (χ3n) is 6.60. The molecule has 42 heavy (non-hydrogen) atoms. The minimum Gasteiger partial charge on any atom is -0.463 e. The molecule has 0 aromatic carbocycles. The molecule has 0 rings (SSSR count). The Hall–Kier alpha value is -2.44. The van der Waals surface area contributed by atoms with Crippen LogP contribution >= 0.6 is 0 Å². The number of hydrogen-bond acceptors (Lipinski definition) is 6. The van der Waals surface area contributed by atoms with E-state index in [0.29, 0.717) is 19.3 Å². The molecule has 0 spiro atoms. The number of aliphatic hydroxyl groups excluding tert-OH is 2. The van der Waals surface area contributed by atoms with Crippen LogP contribution in [0.4, 0.5) is 0 Å². The molecule has 2 N–H and O–H groups in total. The van der Waals surface area contributed by atoms with E-state index in [0.717, 1.165) is 57.3 Å². The Morgan fingerprint density at radius 2 is 1.14 bits per heavy atom. The fraction of sp³-hybridized carbons (Fsp3) is 0.667. The van der Waals surface area contributed by atoms with Crippen molar-refractivity contribution < 1.29 is 29.3 Å². The first-order valence-electron chi connectivity index (χ1n) is 16.3. The summed E-state index contributed by atoms with van der Waals surface area (Å²) >= 11 is 0. The van der Waals surface area contributed by atoms with Gasteiger partial charge < -0.3 is 19.7 Å². The van der Waals surface area contributed by atoms with Gasteiger partial charge in [-0.1, -0.05) is 126 Å².